The standard InChI is InChI=1S/C19H17F3N2O2/c1-12-6-8-14(9-7-12)16-11-18(26,19(20,21)22)24(23-16)17(25)15-5-3-4-13(2)10-15/h3-10,26H,11H2,1-2H3/t18-/m0/s1. The number of hydrogen-bond donors (Lipinski definition) is 1. The molecule has 0 aromatic heterocycles. The Bertz CT molecular complexity index is 875. The van der Waals surface area contributed by atoms with Gasteiger partial charge in [-0.2, -0.15) is 23.3 Å². The lowest BCUT2D eigenvalue weighted by atomic mass is 9.99. The number of aliphatic hydroxyl groups is 1. The van der Waals surface area contributed by atoms with E-state index in [0.717, 1.165) is 5.56 Å². The minimum absolute atomic E-state index is 0.00540. The molecule has 136 valence electrons. The molecule has 1 aliphatic rings. The van der Waals surface area contributed by atoms with Crippen LogP contribution < -0.4 is 0 Å². The molecule has 0 fully saturated rings. The zero-order valence-electron chi connectivity index (χ0n) is 14.2. The van der Waals surface area contributed by atoms with Gasteiger partial charge in [-0.3, -0.25) is 4.79 Å². The Hall–Kier alpha value is -2.67. The van der Waals surface area contributed by atoms with Crippen molar-refractivity contribution in [2.45, 2.75) is 32.2 Å². The van der Waals surface area contributed by atoms with Crippen molar-refractivity contribution in [3.63, 3.8) is 0 Å². The normalized spacial score (nSPS) is 20.2. The number of amides is 1. The van der Waals surface area contributed by atoms with E-state index in [9.17, 15) is 23.1 Å². The Labute approximate surface area is 148 Å². The molecule has 4 nitrogen and oxygen atoms in total. The maximum absolute atomic E-state index is 13.6. The number of carbonyl (C=O) groups is 1. The fourth-order valence-corrected chi connectivity index (χ4v) is 2.79. The van der Waals surface area contributed by atoms with Gasteiger partial charge in [-0.25, -0.2) is 0 Å². The van der Waals surface area contributed by atoms with E-state index in [0.29, 0.717) is 11.1 Å². The molecular formula is C19H17F3N2O2. The first-order valence-electron chi connectivity index (χ1n) is 7.97. The Morgan fingerprint density at radius 3 is 2.35 bits per heavy atom. The molecule has 0 saturated carbocycles. The maximum Gasteiger partial charge on any atom is 0.438 e. The van der Waals surface area contributed by atoms with Crippen LogP contribution >= 0.6 is 0 Å². The van der Waals surface area contributed by atoms with Gasteiger partial charge in [0.2, 0.25) is 0 Å². The number of nitrogens with zero attached hydrogens (tertiary/aromatic N) is 2. The molecule has 1 heterocycles. The summed E-state index contributed by atoms with van der Waals surface area (Å²) >= 11 is 0. The lowest BCUT2D eigenvalue weighted by molar-refractivity contribution is -0.297. The molecule has 0 radical (unpaired) electrons. The molecule has 7 heteroatoms. The summed E-state index contributed by atoms with van der Waals surface area (Å²) in [5.74, 6) is -1.00. The number of rotatable bonds is 2. The fraction of sp³-hybridized carbons (Fsp3) is 0.263. The van der Waals surface area contributed by atoms with Crippen LogP contribution in [0, 0.1) is 13.8 Å². The maximum atomic E-state index is 13.6. The van der Waals surface area contributed by atoms with Crippen molar-refractivity contribution in [1.29, 1.82) is 0 Å². The smallest absolute Gasteiger partial charge is 0.362 e. The molecule has 1 N–H and O–H groups in total. The lowest BCUT2D eigenvalue weighted by Crippen LogP contribution is -2.56. The molecule has 2 aromatic carbocycles. The molecule has 2 aromatic rings. The first kappa shape index (κ1) is 18.1. The molecule has 1 atom stereocenters. The minimum atomic E-state index is -5.05. The van der Waals surface area contributed by atoms with Crippen molar-refractivity contribution in [1.82, 2.24) is 5.01 Å². The summed E-state index contributed by atoms with van der Waals surface area (Å²) in [4.78, 5) is 12.7. The summed E-state index contributed by atoms with van der Waals surface area (Å²) < 4.78 is 40.8. The van der Waals surface area contributed by atoms with Crippen LogP contribution in [0.15, 0.2) is 53.6 Å². The molecule has 0 spiro atoms. The zero-order chi connectivity index (χ0) is 19.1. The summed E-state index contributed by atoms with van der Waals surface area (Å²) in [6.07, 6.45) is -5.88. The topological polar surface area (TPSA) is 52.9 Å². The first-order valence-corrected chi connectivity index (χ1v) is 7.97. The van der Waals surface area contributed by atoms with Crippen LogP contribution in [-0.2, 0) is 0 Å². The predicted octanol–water partition coefficient (Wildman–Crippen LogP) is 3.80. The first-order chi connectivity index (χ1) is 12.1. The van der Waals surface area contributed by atoms with Gasteiger partial charge in [-0.05, 0) is 31.5 Å². The highest BCUT2D eigenvalue weighted by Gasteiger charge is 2.63. The summed E-state index contributed by atoms with van der Waals surface area (Å²) in [6.45, 7) is 3.57. The van der Waals surface area contributed by atoms with Crippen LogP contribution in [0.5, 0.6) is 0 Å². The molecule has 1 aliphatic heterocycles. The molecule has 0 saturated heterocycles. The van der Waals surface area contributed by atoms with Crippen LogP contribution in [0.1, 0.15) is 33.5 Å². The van der Waals surface area contributed by atoms with Crippen LogP contribution in [0.25, 0.3) is 0 Å². The van der Waals surface area contributed by atoms with E-state index in [4.69, 9.17) is 0 Å². The van der Waals surface area contributed by atoms with E-state index in [2.05, 4.69) is 5.10 Å². The van der Waals surface area contributed by atoms with Gasteiger partial charge in [0, 0.05) is 5.56 Å². The Kier molecular flexibility index (Phi) is 4.36. The van der Waals surface area contributed by atoms with Gasteiger partial charge in [0.1, 0.15) is 0 Å². The van der Waals surface area contributed by atoms with Crippen LogP contribution in [0.2, 0.25) is 0 Å². The van der Waals surface area contributed by atoms with Crippen molar-refractivity contribution in [2.24, 2.45) is 5.10 Å². The number of halogens is 3. The van der Waals surface area contributed by atoms with E-state index in [1.54, 1.807) is 43.3 Å². The molecule has 0 unspecified atom stereocenters. The lowest BCUT2D eigenvalue weighted by Gasteiger charge is -2.32. The molecule has 0 bridgehead atoms. The quantitative estimate of drug-likeness (QED) is 0.883. The van der Waals surface area contributed by atoms with Gasteiger partial charge in [0.25, 0.3) is 11.6 Å². The van der Waals surface area contributed by atoms with Crippen molar-refractivity contribution < 1.29 is 23.1 Å². The van der Waals surface area contributed by atoms with Gasteiger partial charge in [-0.1, -0.05) is 47.5 Å². The van der Waals surface area contributed by atoms with Crippen LogP contribution in [0.4, 0.5) is 13.2 Å². The van der Waals surface area contributed by atoms with Crippen LogP contribution in [-0.4, -0.2) is 33.6 Å². The minimum Gasteiger partial charge on any atom is -0.362 e. The number of benzene rings is 2. The zero-order valence-corrected chi connectivity index (χ0v) is 14.2. The number of alkyl halides is 3. The second kappa shape index (κ2) is 6.25. The fourth-order valence-electron chi connectivity index (χ4n) is 2.79. The summed E-state index contributed by atoms with van der Waals surface area (Å²) in [6, 6.07) is 12.8. The Balaban J connectivity index is 2.05. The van der Waals surface area contributed by atoms with Gasteiger partial charge in [-0.15, -0.1) is 0 Å². The van der Waals surface area contributed by atoms with Gasteiger partial charge in [0.15, 0.2) is 0 Å². The van der Waals surface area contributed by atoms with Gasteiger partial charge >= 0.3 is 6.18 Å². The van der Waals surface area contributed by atoms with E-state index in [-0.39, 0.29) is 16.3 Å². The summed E-state index contributed by atoms with van der Waals surface area (Å²) in [7, 11) is 0. The van der Waals surface area contributed by atoms with Gasteiger partial charge < -0.3 is 5.11 Å². The highest BCUT2D eigenvalue weighted by atomic mass is 19.4. The van der Waals surface area contributed by atoms with Crippen molar-refractivity contribution >= 4 is 11.6 Å². The summed E-state index contributed by atoms with van der Waals surface area (Å²) in [5.41, 5.74) is -1.27. The number of hydrazone groups is 1. The van der Waals surface area contributed by atoms with E-state index in [1.165, 1.54) is 12.1 Å². The second-order valence-corrected chi connectivity index (χ2v) is 6.39. The second-order valence-electron chi connectivity index (χ2n) is 6.39. The van der Waals surface area contributed by atoms with Gasteiger partial charge in [0.05, 0.1) is 12.1 Å². The highest BCUT2D eigenvalue weighted by molar-refractivity contribution is 6.05. The monoisotopic (exact) mass is 362 g/mol. The Morgan fingerprint density at radius 1 is 1.12 bits per heavy atom. The third-order valence-electron chi connectivity index (χ3n) is 4.28. The summed E-state index contributed by atoms with van der Waals surface area (Å²) in [5, 5.41) is 14.3. The van der Waals surface area contributed by atoms with E-state index < -0.39 is 24.2 Å². The number of aryl methyl sites for hydroxylation is 2. The SMILES string of the molecule is Cc1ccc(C2=NN(C(=O)c3cccc(C)c3)[C@@](O)(C(F)(F)F)C2)cc1. The van der Waals surface area contributed by atoms with Crippen molar-refractivity contribution in [3.8, 4) is 0 Å². The van der Waals surface area contributed by atoms with Crippen molar-refractivity contribution in [2.75, 3.05) is 0 Å². The molecule has 1 amide bonds. The molecule has 0 aliphatic carbocycles. The molecule has 26 heavy (non-hydrogen) atoms. The van der Waals surface area contributed by atoms with E-state index >= 15 is 0 Å². The predicted molar refractivity (Wildman–Crippen MR) is 90.7 cm³/mol. The average molecular weight is 362 g/mol. The average Bonchev–Trinajstić information content (AvgIpc) is 2.94. The Morgan fingerprint density at radius 2 is 1.77 bits per heavy atom. The number of carbonyl (C=O) groups excluding carboxylic acids is 1. The molecule has 3 rings (SSSR count). The molecular weight excluding hydrogens is 345 g/mol. The third kappa shape index (κ3) is 3.10. The largest absolute Gasteiger partial charge is 0.438 e. The van der Waals surface area contributed by atoms with E-state index in [1.807, 2.05) is 6.92 Å². The van der Waals surface area contributed by atoms with Crippen molar-refractivity contribution in [3.05, 3.63) is 70.8 Å². The number of hydrogen-bond acceptors (Lipinski definition) is 3. The third-order valence-corrected chi connectivity index (χ3v) is 4.28. The van der Waals surface area contributed by atoms with Crippen LogP contribution in [0.3, 0.4) is 0 Å². The highest BCUT2D eigenvalue weighted by Crippen LogP contribution is 2.42.